The predicted octanol–water partition coefficient (Wildman–Crippen LogP) is 2.14. The molecule has 0 radical (unpaired) electrons. The molecular weight excluding hydrogens is 288 g/mol. The highest BCUT2D eigenvalue weighted by Gasteiger charge is 2.23. The van der Waals surface area contributed by atoms with E-state index in [9.17, 15) is 10.1 Å². The van der Waals surface area contributed by atoms with E-state index >= 15 is 0 Å². The molecule has 0 saturated carbocycles. The third-order valence-electron chi connectivity index (χ3n) is 4.24. The number of para-hydroxylation sites is 1. The van der Waals surface area contributed by atoms with Gasteiger partial charge >= 0.3 is 0 Å². The van der Waals surface area contributed by atoms with Crippen LogP contribution in [0, 0.1) is 11.3 Å². The van der Waals surface area contributed by atoms with Crippen molar-refractivity contribution in [3.8, 4) is 6.07 Å². The zero-order chi connectivity index (χ0) is 17.0. The van der Waals surface area contributed by atoms with Crippen molar-refractivity contribution < 1.29 is 0 Å². The second-order valence-corrected chi connectivity index (χ2v) is 5.54. The van der Waals surface area contributed by atoms with Crippen molar-refractivity contribution in [1.82, 2.24) is 4.57 Å². The molecule has 5 heteroatoms. The number of aromatic nitrogens is 1. The Kier molecular flexibility index (Phi) is 5.20. The number of pyridine rings is 1. The number of hydrogen-bond donors (Lipinski definition) is 1. The standard InChI is InChI=1S/C16H18N4O.C2H4/c1-19-14-5-3-2-4-12(14)15(13(10-17)16(19)21)20-8-6-11(18)7-9-20;1-2/h2-5,11H,6-9,18H2,1H3;1-2H2. The number of nitrogens with zero attached hydrogens (tertiary/aromatic N) is 3. The SMILES string of the molecule is C=C.Cn1c(=O)c(C#N)c(N2CCC(N)CC2)c2ccccc21. The predicted molar refractivity (Wildman–Crippen MR) is 94.6 cm³/mol. The summed E-state index contributed by atoms with van der Waals surface area (Å²) < 4.78 is 1.55. The molecule has 0 aliphatic carbocycles. The summed E-state index contributed by atoms with van der Waals surface area (Å²) in [6.07, 6.45) is 1.77. The molecule has 2 heterocycles. The second kappa shape index (κ2) is 7.12. The Labute approximate surface area is 136 Å². The lowest BCUT2D eigenvalue weighted by Crippen LogP contribution is -2.41. The Morgan fingerprint density at radius 1 is 1.26 bits per heavy atom. The van der Waals surface area contributed by atoms with E-state index < -0.39 is 0 Å². The van der Waals surface area contributed by atoms with Gasteiger partial charge in [-0.05, 0) is 18.9 Å². The number of piperidine rings is 1. The van der Waals surface area contributed by atoms with Crippen molar-refractivity contribution in [3.63, 3.8) is 0 Å². The number of aryl methyl sites for hydroxylation is 1. The molecule has 23 heavy (non-hydrogen) atoms. The maximum absolute atomic E-state index is 12.4. The van der Waals surface area contributed by atoms with Crippen molar-refractivity contribution in [1.29, 1.82) is 5.26 Å². The van der Waals surface area contributed by atoms with E-state index in [1.807, 2.05) is 24.3 Å². The van der Waals surface area contributed by atoms with E-state index in [1.54, 1.807) is 11.6 Å². The minimum atomic E-state index is -0.235. The topological polar surface area (TPSA) is 75.0 Å². The van der Waals surface area contributed by atoms with Gasteiger partial charge in [-0.1, -0.05) is 18.2 Å². The maximum Gasteiger partial charge on any atom is 0.270 e. The monoisotopic (exact) mass is 310 g/mol. The Morgan fingerprint density at radius 3 is 2.48 bits per heavy atom. The quantitative estimate of drug-likeness (QED) is 0.819. The molecule has 0 atom stereocenters. The summed E-state index contributed by atoms with van der Waals surface area (Å²) in [5.41, 5.74) is 7.57. The van der Waals surface area contributed by atoms with Crippen LogP contribution < -0.4 is 16.2 Å². The molecule has 3 rings (SSSR count). The van der Waals surface area contributed by atoms with Crippen molar-refractivity contribution >= 4 is 16.6 Å². The summed E-state index contributed by atoms with van der Waals surface area (Å²) in [5.74, 6) is 0. The molecular formula is C18H22N4O. The lowest BCUT2D eigenvalue weighted by Gasteiger charge is -2.33. The molecule has 0 bridgehead atoms. The van der Waals surface area contributed by atoms with E-state index in [-0.39, 0.29) is 17.2 Å². The highest BCUT2D eigenvalue weighted by Crippen LogP contribution is 2.30. The van der Waals surface area contributed by atoms with Gasteiger partial charge in [-0.2, -0.15) is 5.26 Å². The number of benzene rings is 1. The third kappa shape index (κ3) is 2.99. The van der Waals surface area contributed by atoms with E-state index in [4.69, 9.17) is 5.73 Å². The first-order valence-corrected chi connectivity index (χ1v) is 7.66. The summed E-state index contributed by atoms with van der Waals surface area (Å²) in [7, 11) is 1.71. The van der Waals surface area contributed by atoms with E-state index in [1.165, 1.54) is 0 Å². The molecule has 1 aromatic carbocycles. The average Bonchev–Trinajstić information content (AvgIpc) is 2.60. The highest BCUT2D eigenvalue weighted by molar-refractivity contribution is 5.94. The Morgan fingerprint density at radius 2 is 1.87 bits per heavy atom. The van der Waals surface area contributed by atoms with Crippen LogP contribution in [0.15, 0.2) is 42.2 Å². The number of rotatable bonds is 1. The van der Waals surface area contributed by atoms with Gasteiger partial charge in [0.25, 0.3) is 5.56 Å². The molecule has 120 valence electrons. The summed E-state index contributed by atoms with van der Waals surface area (Å²) in [6.45, 7) is 7.57. The van der Waals surface area contributed by atoms with E-state index in [2.05, 4.69) is 24.1 Å². The van der Waals surface area contributed by atoms with E-state index in [0.29, 0.717) is 0 Å². The van der Waals surface area contributed by atoms with Gasteiger partial charge in [0.1, 0.15) is 11.6 Å². The van der Waals surface area contributed by atoms with Gasteiger partial charge in [-0.3, -0.25) is 4.79 Å². The Balaban J connectivity index is 0.000000924. The molecule has 1 aliphatic rings. The van der Waals surface area contributed by atoms with Gasteiger partial charge in [-0.15, -0.1) is 13.2 Å². The molecule has 0 unspecified atom stereocenters. The van der Waals surface area contributed by atoms with Gasteiger partial charge in [0.15, 0.2) is 0 Å². The van der Waals surface area contributed by atoms with Crippen LogP contribution in [0.3, 0.4) is 0 Å². The highest BCUT2D eigenvalue weighted by atomic mass is 16.1. The van der Waals surface area contributed by atoms with Crippen LogP contribution in [-0.2, 0) is 7.05 Å². The largest absolute Gasteiger partial charge is 0.370 e. The number of fused-ring (bicyclic) bond motifs is 1. The number of nitrogens with two attached hydrogens (primary N) is 1. The van der Waals surface area contributed by atoms with Crippen LogP contribution in [-0.4, -0.2) is 23.7 Å². The number of hydrogen-bond acceptors (Lipinski definition) is 4. The summed E-state index contributed by atoms with van der Waals surface area (Å²) in [5, 5.41) is 10.4. The molecule has 5 nitrogen and oxygen atoms in total. The summed E-state index contributed by atoms with van der Waals surface area (Å²) in [6, 6.07) is 10.0. The van der Waals surface area contributed by atoms with Crippen LogP contribution in [0.5, 0.6) is 0 Å². The second-order valence-electron chi connectivity index (χ2n) is 5.54. The average molecular weight is 310 g/mol. The minimum Gasteiger partial charge on any atom is -0.370 e. The molecule has 1 fully saturated rings. The molecule has 1 saturated heterocycles. The molecule has 1 aliphatic heterocycles. The first-order chi connectivity index (χ1) is 11.1. The molecule has 1 aromatic heterocycles. The van der Waals surface area contributed by atoms with Crippen molar-refractivity contribution in [3.05, 3.63) is 53.3 Å². The van der Waals surface area contributed by atoms with Crippen LogP contribution in [0.1, 0.15) is 18.4 Å². The summed E-state index contributed by atoms with van der Waals surface area (Å²) >= 11 is 0. The lowest BCUT2D eigenvalue weighted by molar-refractivity contribution is 0.501. The lowest BCUT2D eigenvalue weighted by atomic mass is 10.0. The normalized spacial score (nSPS) is 14.9. The maximum atomic E-state index is 12.4. The van der Waals surface area contributed by atoms with Crippen LogP contribution >= 0.6 is 0 Å². The zero-order valence-corrected chi connectivity index (χ0v) is 13.5. The zero-order valence-electron chi connectivity index (χ0n) is 13.5. The molecule has 2 aromatic rings. The Hall–Kier alpha value is -2.58. The fourth-order valence-corrected chi connectivity index (χ4v) is 3.03. The summed E-state index contributed by atoms with van der Waals surface area (Å²) in [4.78, 5) is 14.6. The molecule has 0 spiro atoms. The molecule has 2 N–H and O–H groups in total. The van der Waals surface area contributed by atoms with E-state index in [0.717, 1.165) is 42.5 Å². The fraction of sp³-hybridized carbons (Fsp3) is 0.333. The van der Waals surface area contributed by atoms with Crippen LogP contribution in [0.25, 0.3) is 10.9 Å². The molecule has 0 amide bonds. The first-order valence-electron chi connectivity index (χ1n) is 7.66. The number of nitriles is 1. The third-order valence-corrected chi connectivity index (χ3v) is 4.24. The first kappa shape index (κ1) is 16.8. The van der Waals surface area contributed by atoms with Crippen molar-refractivity contribution in [2.24, 2.45) is 12.8 Å². The van der Waals surface area contributed by atoms with Crippen molar-refractivity contribution in [2.45, 2.75) is 18.9 Å². The van der Waals surface area contributed by atoms with Gasteiger partial charge < -0.3 is 15.2 Å². The van der Waals surface area contributed by atoms with Crippen molar-refractivity contribution in [2.75, 3.05) is 18.0 Å². The van der Waals surface area contributed by atoms with Crippen LogP contribution in [0.2, 0.25) is 0 Å². The van der Waals surface area contributed by atoms with Gasteiger partial charge in [-0.25, -0.2) is 0 Å². The van der Waals surface area contributed by atoms with Crippen LogP contribution in [0.4, 0.5) is 5.69 Å². The van der Waals surface area contributed by atoms with Gasteiger partial charge in [0.2, 0.25) is 0 Å². The minimum absolute atomic E-state index is 0.213. The smallest absolute Gasteiger partial charge is 0.270 e. The Bertz CT molecular complexity index is 795. The van der Waals surface area contributed by atoms with Gasteiger partial charge in [0.05, 0.1) is 11.2 Å². The fourth-order valence-electron chi connectivity index (χ4n) is 3.03. The van der Waals surface area contributed by atoms with Gasteiger partial charge in [0, 0.05) is 31.6 Å². The number of anilines is 1.